The summed E-state index contributed by atoms with van der Waals surface area (Å²) in [4.78, 5) is 27.6. The molecule has 0 aliphatic heterocycles. The lowest BCUT2D eigenvalue weighted by Gasteiger charge is -2.31. The molecule has 0 saturated heterocycles. The number of halogens is 3. The van der Waals surface area contributed by atoms with E-state index in [0.29, 0.717) is 21.4 Å². The second-order valence-electron chi connectivity index (χ2n) is 8.02. The van der Waals surface area contributed by atoms with Gasteiger partial charge in [-0.2, -0.15) is 0 Å². The first-order valence-corrected chi connectivity index (χ1v) is 12.3. The lowest BCUT2D eigenvalue weighted by molar-refractivity contribution is -0.142. The van der Waals surface area contributed by atoms with Crippen molar-refractivity contribution in [1.82, 2.24) is 10.2 Å². The molecular formula is C24H27BrCl2N2O3. The molecule has 0 bridgehead atoms. The van der Waals surface area contributed by atoms with Gasteiger partial charge in [0.2, 0.25) is 5.91 Å². The third-order valence-electron chi connectivity index (χ3n) is 5.65. The highest BCUT2D eigenvalue weighted by molar-refractivity contribution is 9.10. The van der Waals surface area contributed by atoms with Gasteiger partial charge in [0.05, 0.1) is 0 Å². The Morgan fingerprint density at radius 2 is 1.81 bits per heavy atom. The predicted molar refractivity (Wildman–Crippen MR) is 131 cm³/mol. The van der Waals surface area contributed by atoms with Gasteiger partial charge in [-0.3, -0.25) is 9.59 Å². The number of hydrogen-bond acceptors (Lipinski definition) is 3. The number of carbonyl (C=O) groups is 2. The van der Waals surface area contributed by atoms with Gasteiger partial charge in [-0.05, 0) is 61.7 Å². The number of hydrogen-bond donors (Lipinski definition) is 1. The van der Waals surface area contributed by atoms with Crippen LogP contribution in [0, 0.1) is 0 Å². The zero-order valence-corrected chi connectivity index (χ0v) is 21.0. The summed E-state index contributed by atoms with van der Waals surface area (Å²) >= 11 is 15.7. The van der Waals surface area contributed by atoms with Gasteiger partial charge in [-0.1, -0.05) is 64.5 Å². The van der Waals surface area contributed by atoms with Crippen LogP contribution in [0.15, 0.2) is 46.9 Å². The van der Waals surface area contributed by atoms with E-state index in [4.69, 9.17) is 27.9 Å². The van der Waals surface area contributed by atoms with Crippen molar-refractivity contribution in [3.8, 4) is 5.75 Å². The summed E-state index contributed by atoms with van der Waals surface area (Å²) in [5.41, 5.74) is 0.713. The zero-order valence-electron chi connectivity index (χ0n) is 18.0. The highest BCUT2D eigenvalue weighted by Gasteiger charge is 2.29. The number of rotatable bonds is 8. The molecule has 2 aromatic rings. The van der Waals surface area contributed by atoms with Gasteiger partial charge in [0.25, 0.3) is 5.91 Å². The molecule has 2 aromatic carbocycles. The molecule has 0 spiro atoms. The Morgan fingerprint density at radius 3 is 2.47 bits per heavy atom. The molecule has 2 amide bonds. The Morgan fingerprint density at radius 1 is 1.12 bits per heavy atom. The monoisotopic (exact) mass is 540 g/mol. The van der Waals surface area contributed by atoms with Gasteiger partial charge in [0, 0.05) is 27.1 Å². The molecule has 1 fully saturated rings. The topological polar surface area (TPSA) is 58.6 Å². The molecule has 1 N–H and O–H groups in total. The maximum absolute atomic E-state index is 13.1. The van der Waals surface area contributed by atoms with E-state index in [1.165, 1.54) is 11.3 Å². The van der Waals surface area contributed by atoms with Gasteiger partial charge in [0.15, 0.2) is 6.61 Å². The lowest BCUT2D eigenvalue weighted by Crippen LogP contribution is -2.51. The van der Waals surface area contributed by atoms with Crippen LogP contribution in [0.1, 0.15) is 44.6 Å². The van der Waals surface area contributed by atoms with Gasteiger partial charge in [0.1, 0.15) is 11.8 Å². The van der Waals surface area contributed by atoms with Crippen LogP contribution in [-0.2, 0) is 16.1 Å². The quantitative estimate of drug-likeness (QED) is 0.445. The Kier molecular flexibility index (Phi) is 9.26. The number of ether oxygens (including phenoxy) is 1. The van der Waals surface area contributed by atoms with Crippen LogP contribution >= 0.6 is 39.1 Å². The van der Waals surface area contributed by atoms with E-state index in [0.717, 1.165) is 30.2 Å². The summed E-state index contributed by atoms with van der Waals surface area (Å²) in [6.45, 7) is 1.73. The summed E-state index contributed by atoms with van der Waals surface area (Å²) in [6.07, 6.45) is 5.38. The van der Waals surface area contributed by atoms with Crippen LogP contribution in [0.2, 0.25) is 10.0 Å². The molecular weight excluding hydrogens is 515 g/mol. The Labute approximate surface area is 207 Å². The van der Waals surface area contributed by atoms with E-state index in [1.54, 1.807) is 37.3 Å². The summed E-state index contributed by atoms with van der Waals surface area (Å²) in [5.74, 6) is 0.106. The van der Waals surface area contributed by atoms with Gasteiger partial charge in [-0.15, -0.1) is 0 Å². The predicted octanol–water partition coefficient (Wildman–Crippen LogP) is 6.00. The number of carbonyl (C=O) groups excluding carboxylic acids is 2. The average molecular weight is 542 g/mol. The van der Waals surface area contributed by atoms with E-state index in [1.807, 2.05) is 12.1 Å². The molecule has 1 saturated carbocycles. The van der Waals surface area contributed by atoms with Crippen molar-refractivity contribution in [1.29, 1.82) is 0 Å². The van der Waals surface area contributed by atoms with Gasteiger partial charge >= 0.3 is 0 Å². The molecule has 0 radical (unpaired) electrons. The largest absolute Gasteiger partial charge is 0.484 e. The summed E-state index contributed by atoms with van der Waals surface area (Å²) in [6, 6.07) is 11.8. The minimum absolute atomic E-state index is 0.161. The van der Waals surface area contributed by atoms with Crippen molar-refractivity contribution in [3.63, 3.8) is 0 Å². The Balaban J connectivity index is 1.73. The van der Waals surface area contributed by atoms with Crippen LogP contribution in [0.5, 0.6) is 5.75 Å². The van der Waals surface area contributed by atoms with Crippen LogP contribution in [0.25, 0.3) is 0 Å². The Hall–Kier alpha value is -1.76. The van der Waals surface area contributed by atoms with Crippen LogP contribution in [0.4, 0.5) is 0 Å². The van der Waals surface area contributed by atoms with Crippen LogP contribution < -0.4 is 10.1 Å². The zero-order chi connectivity index (χ0) is 23.1. The van der Waals surface area contributed by atoms with E-state index < -0.39 is 6.04 Å². The summed E-state index contributed by atoms with van der Waals surface area (Å²) in [7, 11) is 0. The molecule has 1 unspecified atom stereocenters. The normalized spacial score (nSPS) is 15.1. The standard InChI is InChI=1S/C24H27BrCl2N2O3/c1-16(24(31)28-20-5-3-2-4-6-20)29(14-17-7-10-19(26)13-22(17)27)23(30)15-32-21-11-8-18(25)9-12-21/h7-13,16,20H,2-6,14-15H2,1H3,(H,28,31). The fourth-order valence-electron chi connectivity index (χ4n) is 3.74. The van der Waals surface area contributed by atoms with Crippen molar-refractivity contribution < 1.29 is 14.3 Å². The number of amides is 2. The van der Waals surface area contributed by atoms with E-state index in [9.17, 15) is 9.59 Å². The first-order chi connectivity index (χ1) is 15.3. The number of nitrogens with zero attached hydrogens (tertiary/aromatic N) is 1. The molecule has 172 valence electrons. The van der Waals surface area contributed by atoms with Gasteiger partial charge < -0.3 is 15.0 Å². The maximum Gasteiger partial charge on any atom is 0.261 e. The van der Waals surface area contributed by atoms with Crippen LogP contribution in [-0.4, -0.2) is 35.4 Å². The molecule has 32 heavy (non-hydrogen) atoms. The van der Waals surface area contributed by atoms with Crippen molar-refractivity contribution >= 4 is 50.9 Å². The Bertz CT molecular complexity index is 933. The summed E-state index contributed by atoms with van der Waals surface area (Å²) < 4.78 is 6.59. The molecule has 1 atom stereocenters. The first-order valence-electron chi connectivity index (χ1n) is 10.8. The van der Waals surface area contributed by atoms with E-state index >= 15 is 0 Å². The lowest BCUT2D eigenvalue weighted by atomic mass is 9.95. The van der Waals surface area contributed by atoms with E-state index in [-0.39, 0.29) is 31.0 Å². The smallest absolute Gasteiger partial charge is 0.261 e. The van der Waals surface area contributed by atoms with Crippen molar-refractivity contribution in [3.05, 3.63) is 62.5 Å². The molecule has 1 aliphatic carbocycles. The molecule has 1 aliphatic rings. The van der Waals surface area contributed by atoms with E-state index in [2.05, 4.69) is 21.2 Å². The highest BCUT2D eigenvalue weighted by atomic mass is 79.9. The fourth-order valence-corrected chi connectivity index (χ4v) is 4.48. The minimum Gasteiger partial charge on any atom is -0.484 e. The highest BCUT2D eigenvalue weighted by Crippen LogP contribution is 2.24. The van der Waals surface area contributed by atoms with Gasteiger partial charge in [-0.25, -0.2) is 0 Å². The minimum atomic E-state index is -0.676. The molecule has 0 aromatic heterocycles. The SMILES string of the molecule is CC(C(=O)NC1CCCCC1)N(Cc1ccc(Cl)cc1Cl)C(=O)COc1ccc(Br)cc1. The second-order valence-corrected chi connectivity index (χ2v) is 9.78. The second kappa shape index (κ2) is 11.9. The molecule has 0 heterocycles. The van der Waals surface area contributed by atoms with Crippen molar-refractivity contribution in [2.24, 2.45) is 0 Å². The third kappa shape index (κ3) is 7.12. The number of benzene rings is 2. The van der Waals surface area contributed by atoms with Crippen molar-refractivity contribution in [2.75, 3.05) is 6.61 Å². The fraction of sp³-hybridized carbons (Fsp3) is 0.417. The van der Waals surface area contributed by atoms with Crippen LogP contribution in [0.3, 0.4) is 0 Å². The maximum atomic E-state index is 13.1. The molecule has 3 rings (SSSR count). The number of nitrogens with one attached hydrogen (secondary N) is 1. The first kappa shape index (κ1) is 24.9. The molecule has 8 heteroatoms. The molecule has 5 nitrogen and oxygen atoms in total. The van der Waals surface area contributed by atoms with Crippen molar-refractivity contribution in [2.45, 2.75) is 57.7 Å². The third-order valence-corrected chi connectivity index (χ3v) is 6.77. The summed E-state index contributed by atoms with van der Waals surface area (Å²) in [5, 5.41) is 4.07. The average Bonchev–Trinajstić information content (AvgIpc) is 2.78.